The fourth-order valence-corrected chi connectivity index (χ4v) is 1.85. The van der Waals surface area contributed by atoms with Gasteiger partial charge in [0.25, 0.3) is 5.91 Å². The summed E-state index contributed by atoms with van der Waals surface area (Å²) in [5.74, 6) is -0.196. The Hall–Kier alpha value is -0.770. The van der Waals surface area contributed by atoms with E-state index in [1.54, 1.807) is 12.1 Å². The summed E-state index contributed by atoms with van der Waals surface area (Å²) in [5, 5.41) is 9.65. The molecule has 0 saturated carbocycles. The first-order valence-electron chi connectivity index (χ1n) is 4.95. The van der Waals surface area contributed by atoms with Gasteiger partial charge in [-0.05, 0) is 25.1 Å². The second-order valence-corrected chi connectivity index (χ2v) is 4.08. The number of aliphatic hydroxyl groups is 1. The van der Waals surface area contributed by atoms with Crippen LogP contribution >= 0.6 is 23.2 Å². The summed E-state index contributed by atoms with van der Waals surface area (Å²) in [5.41, 5.74) is 0.404. The van der Waals surface area contributed by atoms with Crippen LogP contribution in [-0.4, -0.2) is 35.6 Å². The lowest BCUT2D eigenvalue weighted by molar-refractivity contribution is 0.0732. The van der Waals surface area contributed by atoms with Gasteiger partial charge in [0, 0.05) is 18.1 Å². The lowest BCUT2D eigenvalue weighted by atomic mass is 10.2. The molecule has 0 saturated heterocycles. The molecule has 0 spiro atoms. The third-order valence-electron chi connectivity index (χ3n) is 2.20. The molecule has 88 valence electrons. The van der Waals surface area contributed by atoms with Crippen molar-refractivity contribution < 1.29 is 9.90 Å². The van der Waals surface area contributed by atoms with Crippen LogP contribution in [0.1, 0.15) is 17.3 Å². The van der Waals surface area contributed by atoms with Crippen molar-refractivity contribution >= 4 is 29.1 Å². The van der Waals surface area contributed by atoms with E-state index < -0.39 is 0 Å². The van der Waals surface area contributed by atoms with Gasteiger partial charge < -0.3 is 10.0 Å². The van der Waals surface area contributed by atoms with Gasteiger partial charge in [-0.15, -0.1) is 0 Å². The minimum Gasteiger partial charge on any atom is -0.395 e. The number of halogens is 2. The third-order valence-corrected chi connectivity index (χ3v) is 2.75. The molecule has 3 nitrogen and oxygen atoms in total. The van der Waals surface area contributed by atoms with E-state index in [1.807, 2.05) is 6.92 Å². The minimum absolute atomic E-state index is 0.0647. The Labute approximate surface area is 105 Å². The largest absolute Gasteiger partial charge is 0.395 e. The number of amides is 1. The zero-order chi connectivity index (χ0) is 12.1. The molecule has 1 amide bonds. The van der Waals surface area contributed by atoms with Crippen molar-refractivity contribution in [2.75, 3.05) is 19.7 Å². The van der Waals surface area contributed by atoms with Crippen LogP contribution < -0.4 is 0 Å². The molecule has 5 heteroatoms. The number of nitrogens with zero attached hydrogens (tertiary/aromatic N) is 1. The van der Waals surface area contributed by atoms with E-state index in [0.29, 0.717) is 28.7 Å². The van der Waals surface area contributed by atoms with Crippen LogP contribution in [0.15, 0.2) is 18.2 Å². The van der Waals surface area contributed by atoms with Crippen LogP contribution in [-0.2, 0) is 0 Å². The Morgan fingerprint density at radius 3 is 2.62 bits per heavy atom. The molecule has 0 atom stereocenters. The highest BCUT2D eigenvalue weighted by atomic mass is 35.5. The Bertz CT molecular complexity index is 382. The van der Waals surface area contributed by atoms with Crippen molar-refractivity contribution in [3.63, 3.8) is 0 Å². The number of hydrogen-bond acceptors (Lipinski definition) is 2. The zero-order valence-corrected chi connectivity index (χ0v) is 10.4. The van der Waals surface area contributed by atoms with E-state index in [4.69, 9.17) is 28.3 Å². The van der Waals surface area contributed by atoms with Gasteiger partial charge in [-0.2, -0.15) is 0 Å². The lowest BCUT2D eigenvalue weighted by Crippen LogP contribution is -2.33. The number of rotatable bonds is 4. The third kappa shape index (κ3) is 3.11. The molecule has 1 N–H and O–H groups in total. The SMILES string of the molecule is CCN(CCO)C(=O)c1ccc(Cl)cc1Cl. The maximum Gasteiger partial charge on any atom is 0.255 e. The number of carbonyl (C=O) groups is 1. The summed E-state index contributed by atoms with van der Waals surface area (Å²) in [6.07, 6.45) is 0. The average Bonchev–Trinajstić information content (AvgIpc) is 2.25. The molecular formula is C11H13Cl2NO2. The Kier molecular flexibility index (Phi) is 5.06. The van der Waals surface area contributed by atoms with E-state index in [1.165, 1.54) is 11.0 Å². The van der Waals surface area contributed by atoms with E-state index in [9.17, 15) is 4.79 Å². The summed E-state index contributed by atoms with van der Waals surface area (Å²) in [7, 11) is 0. The summed E-state index contributed by atoms with van der Waals surface area (Å²) in [4.78, 5) is 13.5. The standard InChI is InChI=1S/C11H13Cl2NO2/c1-2-14(5-6-15)11(16)9-4-3-8(12)7-10(9)13/h3-4,7,15H,2,5-6H2,1H3. The van der Waals surface area contributed by atoms with Gasteiger partial charge in [-0.3, -0.25) is 4.79 Å². The van der Waals surface area contributed by atoms with Crippen molar-refractivity contribution in [1.29, 1.82) is 0 Å². The number of benzene rings is 1. The highest BCUT2D eigenvalue weighted by Gasteiger charge is 2.16. The molecule has 0 unspecified atom stereocenters. The number of carbonyl (C=O) groups excluding carboxylic acids is 1. The normalized spacial score (nSPS) is 10.2. The molecule has 16 heavy (non-hydrogen) atoms. The predicted molar refractivity (Wildman–Crippen MR) is 65.1 cm³/mol. The van der Waals surface area contributed by atoms with Gasteiger partial charge in [0.15, 0.2) is 0 Å². The fourth-order valence-electron chi connectivity index (χ4n) is 1.36. The average molecular weight is 262 g/mol. The van der Waals surface area contributed by atoms with Crippen LogP contribution in [0.2, 0.25) is 10.0 Å². The molecule has 1 aromatic carbocycles. The summed E-state index contributed by atoms with van der Waals surface area (Å²) in [6, 6.07) is 4.74. The van der Waals surface area contributed by atoms with Crippen LogP contribution in [0, 0.1) is 0 Å². The molecule has 1 aromatic rings. The quantitative estimate of drug-likeness (QED) is 0.905. The zero-order valence-electron chi connectivity index (χ0n) is 8.91. The minimum atomic E-state index is -0.196. The van der Waals surface area contributed by atoms with E-state index >= 15 is 0 Å². The van der Waals surface area contributed by atoms with E-state index in [2.05, 4.69) is 0 Å². The molecule has 0 aliphatic carbocycles. The van der Waals surface area contributed by atoms with E-state index in [-0.39, 0.29) is 12.5 Å². The Balaban J connectivity index is 2.94. The topological polar surface area (TPSA) is 40.5 Å². The molecule has 1 rings (SSSR count). The van der Waals surface area contributed by atoms with Gasteiger partial charge in [0.1, 0.15) is 0 Å². The molecule has 0 bridgehead atoms. The molecule has 0 aliphatic heterocycles. The lowest BCUT2D eigenvalue weighted by Gasteiger charge is -2.20. The molecule has 0 radical (unpaired) electrons. The number of hydrogen-bond donors (Lipinski definition) is 1. The number of aliphatic hydroxyl groups excluding tert-OH is 1. The maximum absolute atomic E-state index is 12.0. The van der Waals surface area contributed by atoms with Crippen molar-refractivity contribution in [2.24, 2.45) is 0 Å². The molecule has 0 fully saturated rings. The van der Waals surface area contributed by atoms with Gasteiger partial charge >= 0.3 is 0 Å². The van der Waals surface area contributed by atoms with Crippen molar-refractivity contribution in [3.8, 4) is 0 Å². The highest BCUT2D eigenvalue weighted by Crippen LogP contribution is 2.22. The van der Waals surface area contributed by atoms with E-state index in [0.717, 1.165) is 0 Å². The van der Waals surface area contributed by atoms with Crippen LogP contribution in [0.3, 0.4) is 0 Å². The summed E-state index contributed by atoms with van der Waals surface area (Å²) < 4.78 is 0. The molecule has 0 aliphatic rings. The number of likely N-dealkylation sites (N-methyl/N-ethyl adjacent to an activating group) is 1. The predicted octanol–water partition coefficient (Wildman–Crippen LogP) is 2.45. The van der Waals surface area contributed by atoms with Gasteiger partial charge in [0.2, 0.25) is 0 Å². The second-order valence-electron chi connectivity index (χ2n) is 3.23. The van der Waals surface area contributed by atoms with Crippen molar-refractivity contribution in [1.82, 2.24) is 4.90 Å². The first kappa shape index (κ1) is 13.3. The first-order chi connectivity index (χ1) is 7.60. The second kappa shape index (κ2) is 6.09. The molecule has 0 heterocycles. The smallest absolute Gasteiger partial charge is 0.255 e. The van der Waals surface area contributed by atoms with Crippen molar-refractivity contribution in [2.45, 2.75) is 6.92 Å². The Morgan fingerprint density at radius 2 is 2.12 bits per heavy atom. The van der Waals surface area contributed by atoms with Crippen LogP contribution in [0.5, 0.6) is 0 Å². The molecular weight excluding hydrogens is 249 g/mol. The van der Waals surface area contributed by atoms with Gasteiger partial charge in [-0.1, -0.05) is 23.2 Å². The maximum atomic E-state index is 12.0. The van der Waals surface area contributed by atoms with Crippen LogP contribution in [0.25, 0.3) is 0 Å². The monoisotopic (exact) mass is 261 g/mol. The molecule has 0 aromatic heterocycles. The first-order valence-corrected chi connectivity index (χ1v) is 5.71. The van der Waals surface area contributed by atoms with Gasteiger partial charge in [0.05, 0.1) is 17.2 Å². The Morgan fingerprint density at radius 1 is 1.44 bits per heavy atom. The highest BCUT2D eigenvalue weighted by molar-refractivity contribution is 6.36. The fraction of sp³-hybridized carbons (Fsp3) is 0.364. The summed E-state index contributed by atoms with van der Waals surface area (Å²) >= 11 is 11.7. The van der Waals surface area contributed by atoms with Crippen LogP contribution in [0.4, 0.5) is 0 Å². The summed E-state index contributed by atoms with van der Waals surface area (Å²) in [6.45, 7) is 2.61. The van der Waals surface area contributed by atoms with Gasteiger partial charge in [-0.25, -0.2) is 0 Å². The van der Waals surface area contributed by atoms with Crippen molar-refractivity contribution in [3.05, 3.63) is 33.8 Å².